The van der Waals surface area contributed by atoms with Gasteiger partial charge in [-0.1, -0.05) is 6.92 Å². The van der Waals surface area contributed by atoms with Crippen LogP contribution in [0, 0.1) is 13.8 Å². The number of aryl methyl sites for hydroxylation is 2. The molecule has 0 saturated carbocycles. The van der Waals surface area contributed by atoms with Gasteiger partial charge in [-0.15, -0.1) is 11.3 Å². The van der Waals surface area contributed by atoms with Crippen LogP contribution in [0.1, 0.15) is 23.9 Å². The van der Waals surface area contributed by atoms with Gasteiger partial charge < -0.3 is 10.0 Å². The molecule has 4 heteroatoms. The van der Waals surface area contributed by atoms with Crippen molar-refractivity contribution >= 4 is 16.5 Å². The Kier molecular flexibility index (Phi) is 4.35. The molecule has 3 nitrogen and oxygen atoms in total. The second-order valence-corrected chi connectivity index (χ2v) is 4.53. The lowest BCUT2D eigenvalue weighted by molar-refractivity contribution is 0.302. The molecule has 0 aromatic carbocycles. The second kappa shape index (κ2) is 5.32. The van der Waals surface area contributed by atoms with Crippen molar-refractivity contribution in [1.82, 2.24) is 4.98 Å². The van der Waals surface area contributed by atoms with Crippen molar-refractivity contribution in [2.75, 3.05) is 24.6 Å². The van der Waals surface area contributed by atoms with Crippen molar-refractivity contribution in [3.63, 3.8) is 0 Å². The molecule has 0 bridgehead atoms. The maximum atomic E-state index is 8.94. The van der Waals surface area contributed by atoms with Crippen LogP contribution in [-0.4, -0.2) is 29.8 Å². The number of hydrogen-bond donors (Lipinski definition) is 1. The number of rotatable bonds is 5. The van der Waals surface area contributed by atoms with Gasteiger partial charge >= 0.3 is 0 Å². The fourth-order valence-electron chi connectivity index (χ4n) is 1.28. The number of anilines is 1. The number of nitrogens with zero attached hydrogens (tertiary/aromatic N) is 2. The summed E-state index contributed by atoms with van der Waals surface area (Å²) in [6.07, 6.45) is 1.08. The van der Waals surface area contributed by atoms with Gasteiger partial charge in [-0.3, -0.25) is 0 Å². The first-order valence-electron chi connectivity index (χ1n) is 4.98. The number of aliphatic hydroxyl groups is 1. The molecule has 0 aliphatic heterocycles. The molecular weight excluding hydrogens is 196 g/mol. The van der Waals surface area contributed by atoms with Crippen molar-refractivity contribution in [2.45, 2.75) is 27.2 Å². The van der Waals surface area contributed by atoms with Crippen molar-refractivity contribution in [3.05, 3.63) is 10.6 Å². The van der Waals surface area contributed by atoms with E-state index in [-0.39, 0.29) is 6.61 Å². The van der Waals surface area contributed by atoms with Gasteiger partial charge in [0, 0.05) is 18.0 Å². The van der Waals surface area contributed by atoms with Gasteiger partial charge in [0.15, 0.2) is 5.13 Å². The summed E-state index contributed by atoms with van der Waals surface area (Å²) in [5, 5.41) is 9.97. The van der Waals surface area contributed by atoms with Gasteiger partial charge in [0.25, 0.3) is 0 Å². The fourth-order valence-corrected chi connectivity index (χ4v) is 2.25. The summed E-state index contributed by atoms with van der Waals surface area (Å²) < 4.78 is 0. The van der Waals surface area contributed by atoms with Gasteiger partial charge in [-0.05, 0) is 20.3 Å². The van der Waals surface area contributed by atoms with Crippen molar-refractivity contribution in [2.24, 2.45) is 0 Å². The van der Waals surface area contributed by atoms with Crippen molar-refractivity contribution in [3.8, 4) is 0 Å². The highest BCUT2D eigenvalue weighted by molar-refractivity contribution is 7.15. The summed E-state index contributed by atoms with van der Waals surface area (Å²) in [5.74, 6) is 0. The summed E-state index contributed by atoms with van der Waals surface area (Å²) in [5.41, 5.74) is 1.10. The topological polar surface area (TPSA) is 36.4 Å². The molecule has 1 N–H and O–H groups in total. The number of thiazole rings is 1. The maximum absolute atomic E-state index is 8.94. The molecule has 0 unspecified atom stereocenters. The van der Waals surface area contributed by atoms with E-state index < -0.39 is 0 Å². The molecule has 0 fully saturated rings. The lowest BCUT2D eigenvalue weighted by Gasteiger charge is -2.19. The quantitative estimate of drug-likeness (QED) is 0.814. The zero-order valence-corrected chi connectivity index (χ0v) is 9.89. The molecule has 1 aromatic rings. The van der Waals surface area contributed by atoms with Gasteiger partial charge in [-0.25, -0.2) is 4.98 Å². The van der Waals surface area contributed by atoms with E-state index in [1.807, 2.05) is 6.92 Å². The van der Waals surface area contributed by atoms with Gasteiger partial charge in [0.05, 0.1) is 12.3 Å². The summed E-state index contributed by atoms with van der Waals surface area (Å²) in [6, 6.07) is 0. The van der Waals surface area contributed by atoms with E-state index in [2.05, 4.69) is 23.7 Å². The van der Waals surface area contributed by atoms with Crippen LogP contribution >= 0.6 is 11.3 Å². The Morgan fingerprint density at radius 1 is 1.36 bits per heavy atom. The average molecular weight is 214 g/mol. The molecule has 0 atom stereocenters. The maximum Gasteiger partial charge on any atom is 0.185 e. The van der Waals surface area contributed by atoms with Crippen LogP contribution in [0.3, 0.4) is 0 Å². The fraction of sp³-hybridized carbons (Fsp3) is 0.700. The monoisotopic (exact) mass is 214 g/mol. The van der Waals surface area contributed by atoms with E-state index in [0.29, 0.717) is 6.54 Å². The average Bonchev–Trinajstić information content (AvgIpc) is 2.47. The molecule has 1 rings (SSSR count). The highest BCUT2D eigenvalue weighted by Crippen LogP contribution is 2.24. The standard InChI is InChI=1S/C10H18N2OS/c1-4-5-12(6-7-13)10-11-8(2)9(3)14-10/h13H,4-7H2,1-3H3. The third-order valence-electron chi connectivity index (χ3n) is 2.15. The Bertz CT molecular complexity index is 260. The van der Waals surface area contributed by atoms with Gasteiger partial charge in [0.2, 0.25) is 0 Å². The van der Waals surface area contributed by atoms with Crippen molar-refractivity contribution < 1.29 is 5.11 Å². The Balaban J connectivity index is 2.76. The highest BCUT2D eigenvalue weighted by Gasteiger charge is 2.10. The summed E-state index contributed by atoms with van der Waals surface area (Å²) in [4.78, 5) is 7.89. The van der Waals surface area contributed by atoms with Gasteiger partial charge in [0.1, 0.15) is 0 Å². The van der Waals surface area contributed by atoms with Crippen LogP contribution in [-0.2, 0) is 0 Å². The third-order valence-corrected chi connectivity index (χ3v) is 3.28. The van der Waals surface area contributed by atoms with E-state index in [9.17, 15) is 0 Å². The second-order valence-electron chi connectivity index (χ2n) is 3.35. The smallest absolute Gasteiger partial charge is 0.185 e. The van der Waals surface area contributed by atoms with Gasteiger partial charge in [-0.2, -0.15) is 0 Å². The van der Waals surface area contributed by atoms with E-state index >= 15 is 0 Å². The first kappa shape index (κ1) is 11.5. The largest absolute Gasteiger partial charge is 0.395 e. The van der Waals surface area contributed by atoms with Crippen LogP contribution in [0.2, 0.25) is 0 Å². The Labute approximate surface area is 89.4 Å². The molecule has 14 heavy (non-hydrogen) atoms. The molecule has 0 spiro atoms. The first-order chi connectivity index (χ1) is 6.69. The molecular formula is C10H18N2OS. The lowest BCUT2D eigenvalue weighted by Crippen LogP contribution is -2.27. The van der Waals surface area contributed by atoms with Crippen molar-refractivity contribution in [1.29, 1.82) is 0 Å². The third kappa shape index (κ3) is 2.69. The summed E-state index contributed by atoms with van der Waals surface area (Å²) >= 11 is 1.71. The van der Waals surface area contributed by atoms with E-state index in [1.54, 1.807) is 11.3 Å². The normalized spacial score (nSPS) is 10.6. The zero-order chi connectivity index (χ0) is 10.6. The molecule has 0 aliphatic rings. The Morgan fingerprint density at radius 3 is 2.50 bits per heavy atom. The number of aliphatic hydroxyl groups excluding tert-OH is 1. The van der Waals surface area contributed by atoms with E-state index in [1.165, 1.54) is 4.88 Å². The molecule has 1 heterocycles. The number of hydrogen-bond acceptors (Lipinski definition) is 4. The Hall–Kier alpha value is -0.610. The number of aromatic nitrogens is 1. The van der Waals surface area contributed by atoms with Crippen LogP contribution in [0.25, 0.3) is 0 Å². The molecule has 1 aromatic heterocycles. The van der Waals surface area contributed by atoms with Crippen LogP contribution in [0.4, 0.5) is 5.13 Å². The van der Waals surface area contributed by atoms with Crippen LogP contribution in [0.15, 0.2) is 0 Å². The van der Waals surface area contributed by atoms with Crippen LogP contribution in [0.5, 0.6) is 0 Å². The van der Waals surface area contributed by atoms with E-state index in [4.69, 9.17) is 5.11 Å². The molecule has 80 valence electrons. The first-order valence-corrected chi connectivity index (χ1v) is 5.80. The minimum atomic E-state index is 0.192. The molecule has 0 radical (unpaired) electrons. The SMILES string of the molecule is CCCN(CCO)c1nc(C)c(C)s1. The predicted molar refractivity (Wildman–Crippen MR) is 61.2 cm³/mol. The van der Waals surface area contributed by atoms with E-state index in [0.717, 1.165) is 23.8 Å². The predicted octanol–water partition coefficient (Wildman–Crippen LogP) is 1.97. The Morgan fingerprint density at radius 2 is 2.07 bits per heavy atom. The summed E-state index contributed by atoms with van der Waals surface area (Å²) in [7, 11) is 0. The molecule has 0 amide bonds. The highest BCUT2D eigenvalue weighted by atomic mass is 32.1. The minimum absolute atomic E-state index is 0.192. The minimum Gasteiger partial charge on any atom is -0.395 e. The summed E-state index contributed by atoms with van der Waals surface area (Å²) in [6.45, 7) is 8.08. The molecule has 0 saturated heterocycles. The zero-order valence-electron chi connectivity index (χ0n) is 9.08. The van der Waals surface area contributed by atoms with Crippen LogP contribution < -0.4 is 4.90 Å². The molecule has 0 aliphatic carbocycles. The lowest BCUT2D eigenvalue weighted by atomic mass is 10.4.